The van der Waals surface area contributed by atoms with E-state index >= 15 is 0 Å². The van der Waals surface area contributed by atoms with Crippen LogP contribution in [0.4, 0.5) is 10.5 Å². The van der Waals surface area contributed by atoms with Crippen molar-refractivity contribution in [3.05, 3.63) is 47.3 Å². The van der Waals surface area contributed by atoms with E-state index in [1.54, 1.807) is 0 Å². The molecule has 0 fully saturated rings. The number of urea groups is 1. The smallest absolute Gasteiger partial charge is 0.306 e. The van der Waals surface area contributed by atoms with Gasteiger partial charge in [-0.2, -0.15) is 10.2 Å². The zero-order valence-corrected chi connectivity index (χ0v) is 18.0. The molecule has 7 nitrogen and oxygen atoms in total. The summed E-state index contributed by atoms with van der Waals surface area (Å²) in [6, 6.07) is 8.25. The van der Waals surface area contributed by atoms with Crippen molar-refractivity contribution < 1.29 is 4.79 Å². The van der Waals surface area contributed by atoms with Crippen LogP contribution in [0.5, 0.6) is 0 Å². The molecule has 0 aliphatic heterocycles. The zero-order valence-electron chi connectivity index (χ0n) is 17.2. The van der Waals surface area contributed by atoms with Crippen molar-refractivity contribution in [1.29, 1.82) is 0 Å². The van der Waals surface area contributed by atoms with Crippen LogP contribution in [-0.2, 0) is 19.9 Å². The van der Waals surface area contributed by atoms with Crippen LogP contribution in [-0.4, -0.2) is 25.6 Å². The first-order valence-electron chi connectivity index (χ1n) is 9.87. The fourth-order valence-corrected chi connectivity index (χ4v) is 4.30. The van der Waals surface area contributed by atoms with Crippen molar-refractivity contribution in [3.63, 3.8) is 0 Å². The number of rotatable bonds is 5. The van der Waals surface area contributed by atoms with Crippen LogP contribution in [0.15, 0.2) is 35.5 Å². The molecule has 1 aromatic carbocycles. The maximum absolute atomic E-state index is 12.7. The molecule has 4 rings (SSSR count). The number of anilines is 1. The normalized spacial score (nSPS) is 13.0. The summed E-state index contributed by atoms with van der Waals surface area (Å²) in [5, 5.41) is 12.8. The SMILES string of the molecule is Cc1cc(-c2ccc3c(c2NC(=O)NSc2ccn(C(C)C)n2)CCC3)n(C)n1. The molecule has 1 aliphatic carbocycles. The minimum Gasteiger partial charge on any atom is -0.306 e. The summed E-state index contributed by atoms with van der Waals surface area (Å²) in [4.78, 5) is 12.7. The topological polar surface area (TPSA) is 76.8 Å². The quantitative estimate of drug-likeness (QED) is 0.608. The number of nitrogens with zero attached hydrogens (tertiary/aromatic N) is 4. The Morgan fingerprint density at radius 1 is 1.21 bits per heavy atom. The average molecular weight is 411 g/mol. The summed E-state index contributed by atoms with van der Waals surface area (Å²) in [6.07, 6.45) is 5.06. The molecule has 2 heterocycles. The van der Waals surface area contributed by atoms with Gasteiger partial charge in [-0.15, -0.1) is 0 Å². The highest BCUT2D eigenvalue weighted by atomic mass is 32.2. The summed E-state index contributed by atoms with van der Waals surface area (Å²) < 4.78 is 6.59. The number of amides is 2. The Morgan fingerprint density at radius 2 is 2.03 bits per heavy atom. The Labute approximate surface area is 175 Å². The number of aryl methyl sites for hydroxylation is 3. The van der Waals surface area contributed by atoms with Crippen molar-refractivity contribution in [3.8, 4) is 11.3 Å². The average Bonchev–Trinajstić information content (AvgIpc) is 3.40. The Morgan fingerprint density at radius 3 is 2.72 bits per heavy atom. The lowest BCUT2D eigenvalue weighted by atomic mass is 10.0. The highest BCUT2D eigenvalue weighted by Gasteiger charge is 2.22. The fraction of sp³-hybridized carbons (Fsp3) is 0.381. The predicted octanol–water partition coefficient (Wildman–Crippen LogP) is 4.49. The van der Waals surface area contributed by atoms with Crippen LogP contribution in [0, 0.1) is 6.92 Å². The summed E-state index contributed by atoms with van der Waals surface area (Å²) in [5.74, 6) is 0. The molecule has 29 heavy (non-hydrogen) atoms. The van der Waals surface area contributed by atoms with E-state index in [0.29, 0.717) is 0 Å². The Kier molecular flexibility index (Phi) is 5.36. The van der Waals surface area contributed by atoms with Crippen LogP contribution >= 0.6 is 11.9 Å². The molecule has 0 unspecified atom stereocenters. The molecule has 2 aromatic heterocycles. The molecule has 0 saturated carbocycles. The number of carbonyl (C=O) groups is 1. The van der Waals surface area contributed by atoms with E-state index in [1.807, 2.05) is 41.7 Å². The van der Waals surface area contributed by atoms with Gasteiger partial charge in [0.2, 0.25) is 0 Å². The number of aromatic nitrogens is 4. The molecule has 0 saturated heterocycles. The first kappa shape index (κ1) is 19.6. The van der Waals surface area contributed by atoms with Gasteiger partial charge in [-0.1, -0.05) is 12.1 Å². The maximum Gasteiger partial charge on any atom is 0.329 e. The number of nitrogens with one attached hydrogen (secondary N) is 2. The van der Waals surface area contributed by atoms with E-state index in [1.165, 1.54) is 23.1 Å². The van der Waals surface area contributed by atoms with Gasteiger partial charge in [-0.05, 0) is 63.3 Å². The van der Waals surface area contributed by atoms with Gasteiger partial charge < -0.3 is 5.32 Å². The fourth-order valence-electron chi connectivity index (χ4n) is 3.79. The van der Waals surface area contributed by atoms with Gasteiger partial charge in [0.05, 0.1) is 17.1 Å². The lowest BCUT2D eigenvalue weighted by Crippen LogP contribution is -2.24. The summed E-state index contributed by atoms with van der Waals surface area (Å²) in [7, 11) is 1.93. The van der Waals surface area contributed by atoms with E-state index in [-0.39, 0.29) is 12.1 Å². The third-order valence-corrected chi connectivity index (χ3v) is 5.87. The van der Waals surface area contributed by atoms with Crippen LogP contribution in [0.25, 0.3) is 11.3 Å². The molecule has 1 aliphatic rings. The molecule has 0 radical (unpaired) electrons. The number of benzene rings is 1. The lowest BCUT2D eigenvalue weighted by Gasteiger charge is -2.16. The highest BCUT2D eigenvalue weighted by molar-refractivity contribution is 7.97. The van der Waals surface area contributed by atoms with Crippen molar-refractivity contribution in [1.82, 2.24) is 24.3 Å². The van der Waals surface area contributed by atoms with E-state index in [2.05, 4.69) is 46.2 Å². The Hall–Kier alpha value is -2.74. The van der Waals surface area contributed by atoms with Gasteiger partial charge in [0.1, 0.15) is 5.03 Å². The molecule has 0 atom stereocenters. The third-order valence-electron chi connectivity index (χ3n) is 5.16. The van der Waals surface area contributed by atoms with Gasteiger partial charge in [-0.3, -0.25) is 14.1 Å². The minimum atomic E-state index is -0.255. The zero-order chi connectivity index (χ0) is 20.5. The largest absolute Gasteiger partial charge is 0.329 e. The highest BCUT2D eigenvalue weighted by Crippen LogP contribution is 2.37. The molecule has 8 heteroatoms. The second-order valence-electron chi connectivity index (χ2n) is 7.66. The molecular weight excluding hydrogens is 384 g/mol. The first-order valence-corrected chi connectivity index (χ1v) is 10.7. The molecular formula is C21H26N6OS. The number of hydrogen-bond acceptors (Lipinski definition) is 4. The standard InChI is InChI=1S/C21H26N6OS/c1-13(2)27-11-10-19(24-27)29-25-21(28)22-20-16-7-5-6-15(16)8-9-17(20)18-12-14(3)23-26(18)4/h8-13H,5-7H2,1-4H3,(H2,22,25,28). The van der Waals surface area contributed by atoms with Gasteiger partial charge >= 0.3 is 6.03 Å². The molecule has 2 N–H and O–H groups in total. The molecule has 0 bridgehead atoms. The molecule has 3 aromatic rings. The van der Waals surface area contributed by atoms with Gasteiger partial charge in [0, 0.05) is 36.8 Å². The number of fused-ring (bicyclic) bond motifs is 1. The minimum absolute atomic E-state index is 0.255. The van der Waals surface area contributed by atoms with Crippen molar-refractivity contribution in [2.75, 3.05) is 5.32 Å². The molecule has 0 spiro atoms. The van der Waals surface area contributed by atoms with Crippen LogP contribution < -0.4 is 10.0 Å². The van der Waals surface area contributed by atoms with Crippen LogP contribution in [0.1, 0.15) is 43.1 Å². The van der Waals surface area contributed by atoms with Crippen molar-refractivity contribution >= 4 is 23.7 Å². The van der Waals surface area contributed by atoms with Crippen LogP contribution in [0.2, 0.25) is 0 Å². The first-order chi connectivity index (χ1) is 13.9. The lowest BCUT2D eigenvalue weighted by molar-refractivity contribution is 0.257. The van der Waals surface area contributed by atoms with E-state index in [0.717, 1.165) is 46.9 Å². The number of carbonyl (C=O) groups excluding carboxylic acids is 1. The molecule has 152 valence electrons. The van der Waals surface area contributed by atoms with E-state index in [4.69, 9.17) is 0 Å². The third kappa shape index (κ3) is 4.03. The van der Waals surface area contributed by atoms with Crippen LogP contribution in [0.3, 0.4) is 0 Å². The van der Waals surface area contributed by atoms with E-state index in [9.17, 15) is 4.79 Å². The number of hydrogen-bond donors (Lipinski definition) is 2. The van der Waals surface area contributed by atoms with Gasteiger partial charge in [0.15, 0.2) is 0 Å². The van der Waals surface area contributed by atoms with Gasteiger partial charge in [0.25, 0.3) is 0 Å². The monoisotopic (exact) mass is 410 g/mol. The predicted molar refractivity (Wildman–Crippen MR) is 116 cm³/mol. The summed E-state index contributed by atoms with van der Waals surface area (Å²) >= 11 is 1.22. The summed E-state index contributed by atoms with van der Waals surface area (Å²) in [6.45, 7) is 6.11. The van der Waals surface area contributed by atoms with Crippen molar-refractivity contribution in [2.24, 2.45) is 7.05 Å². The summed E-state index contributed by atoms with van der Waals surface area (Å²) in [5.41, 5.74) is 6.37. The van der Waals surface area contributed by atoms with Gasteiger partial charge in [-0.25, -0.2) is 4.79 Å². The van der Waals surface area contributed by atoms with E-state index < -0.39 is 0 Å². The maximum atomic E-state index is 12.7. The second kappa shape index (κ2) is 7.94. The Bertz CT molecular complexity index is 1050. The molecule has 2 amide bonds. The second-order valence-corrected chi connectivity index (χ2v) is 8.49. The van der Waals surface area contributed by atoms with Crippen molar-refractivity contribution in [2.45, 2.75) is 51.1 Å². The Balaban J connectivity index is 1.56.